The molecule has 1 heterocycles. The molecule has 8 heteroatoms. The van der Waals surface area contributed by atoms with Crippen molar-refractivity contribution in [2.24, 2.45) is 5.41 Å². The highest BCUT2D eigenvalue weighted by Gasteiger charge is 2.40. The topological polar surface area (TPSA) is 55.4 Å². The molecule has 1 aliphatic heterocycles. The molecule has 0 amide bonds. The SMILES string of the molecule is C1=COCCC1.CC1(C)C(c2ccccc2)=CCC(=S(=O)=O)C1NCCCC(F)(F)F. The summed E-state index contributed by atoms with van der Waals surface area (Å²) in [5.41, 5.74) is 1.42. The summed E-state index contributed by atoms with van der Waals surface area (Å²) >= 11 is 0. The van der Waals surface area contributed by atoms with Crippen molar-refractivity contribution in [3.63, 3.8) is 0 Å². The van der Waals surface area contributed by atoms with Crippen molar-refractivity contribution in [3.8, 4) is 0 Å². The maximum atomic E-state index is 12.3. The van der Waals surface area contributed by atoms with E-state index < -0.39 is 34.3 Å². The minimum atomic E-state index is -4.20. The molecular weight excluding hydrogens is 427 g/mol. The van der Waals surface area contributed by atoms with Gasteiger partial charge in [0.05, 0.1) is 23.8 Å². The van der Waals surface area contributed by atoms with E-state index in [9.17, 15) is 21.6 Å². The Balaban J connectivity index is 0.000000488. The molecule has 1 unspecified atom stereocenters. The van der Waals surface area contributed by atoms with Crippen molar-refractivity contribution in [2.75, 3.05) is 13.2 Å². The van der Waals surface area contributed by atoms with Crippen LogP contribution in [0.4, 0.5) is 13.2 Å². The summed E-state index contributed by atoms with van der Waals surface area (Å²) in [7, 11) is -2.39. The van der Waals surface area contributed by atoms with Crippen LogP contribution in [0.3, 0.4) is 0 Å². The molecule has 1 aromatic rings. The van der Waals surface area contributed by atoms with Crippen LogP contribution in [0.1, 0.15) is 51.5 Å². The molecule has 172 valence electrons. The van der Waals surface area contributed by atoms with E-state index in [1.54, 1.807) is 6.26 Å². The molecule has 0 aromatic heterocycles. The van der Waals surface area contributed by atoms with Crippen molar-refractivity contribution < 1.29 is 26.3 Å². The Morgan fingerprint density at radius 1 is 1.19 bits per heavy atom. The fourth-order valence-corrected chi connectivity index (χ4v) is 4.60. The van der Waals surface area contributed by atoms with Crippen molar-refractivity contribution in [1.82, 2.24) is 5.32 Å². The molecule has 0 bridgehead atoms. The van der Waals surface area contributed by atoms with Gasteiger partial charge in [-0.05, 0) is 43.0 Å². The number of allylic oxidation sites excluding steroid dienone is 2. The predicted molar refractivity (Wildman–Crippen MR) is 118 cm³/mol. The minimum absolute atomic E-state index is 0.0841. The average Bonchev–Trinajstić information content (AvgIpc) is 2.73. The van der Waals surface area contributed by atoms with Gasteiger partial charge in [-0.15, -0.1) is 0 Å². The van der Waals surface area contributed by atoms with Gasteiger partial charge < -0.3 is 10.1 Å². The van der Waals surface area contributed by atoms with Gasteiger partial charge >= 0.3 is 6.18 Å². The lowest BCUT2D eigenvalue weighted by Crippen LogP contribution is -2.50. The molecule has 1 aliphatic carbocycles. The fourth-order valence-electron chi connectivity index (χ4n) is 3.81. The number of halogens is 3. The second kappa shape index (κ2) is 11.5. The molecule has 2 aliphatic rings. The van der Waals surface area contributed by atoms with Crippen LogP contribution in [0.25, 0.3) is 5.57 Å². The van der Waals surface area contributed by atoms with Gasteiger partial charge in [0.2, 0.25) is 10.3 Å². The van der Waals surface area contributed by atoms with Gasteiger partial charge in [0.1, 0.15) is 0 Å². The maximum absolute atomic E-state index is 12.3. The number of hydrogen-bond donors (Lipinski definition) is 1. The lowest BCUT2D eigenvalue weighted by Gasteiger charge is -2.41. The molecule has 0 radical (unpaired) electrons. The van der Waals surface area contributed by atoms with Crippen LogP contribution < -0.4 is 5.32 Å². The lowest BCUT2D eigenvalue weighted by atomic mass is 9.69. The van der Waals surface area contributed by atoms with E-state index >= 15 is 0 Å². The maximum Gasteiger partial charge on any atom is 0.389 e. The molecule has 1 atom stereocenters. The monoisotopic (exact) mass is 457 g/mol. The molecule has 0 saturated heterocycles. The molecule has 0 spiro atoms. The Kier molecular flexibility index (Phi) is 9.37. The van der Waals surface area contributed by atoms with Gasteiger partial charge in [-0.3, -0.25) is 0 Å². The van der Waals surface area contributed by atoms with E-state index in [0.29, 0.717) is 0 Å². The highest BCUT2D eigenvalue weighted by molar-refractivity contribution is 7.73. The first kappa shape index (κ1) is 25.2. The number of benzene rings is 1. The normalized spacial score (nSPS) is 20.2. The molecule has 3 rings (SSSR count). The van der Waals surface area contributed by atoms with E-state index in [-0.39, 0.29) is 24.3 Å². The highest BCUT2D eigenvalue weighted by atomic mass is 32.2. The Morgan fingerprint density at radius 2 is 1.90 bits per heavy atom. The smallest absolute Gasteiger partial charge is 0.389 e. The van der Waals surface area contributed by atoms with Gasteiger partial charge in [-0.25, -0.2) is 0 Å². The summed E-state index contributed by atoms with van der Waals surface area (Å²) in [5, 5.41) is 3.04. The fraction of sp³-hybridized carbons (Fsp3) is 0.522. The Bertz CT molecular complexity index is 888. The van der Waals surface area contributed by atoms with Crippen molar-refractivity contribution in [2.45, 2.75) is 58.2 Å². The molecular formula is C23H30F3NO3S. The Hall–Kier alpha value is -2.06. The molecule has 0 fully saturated rings. The Labute approximate surface area is 183 Å². The number of ether oxygens (including phenoxy) is 1. The number of alkyl halides is 3. The van der Waals surface area contributed by atoms with Crippen LogP contribution in [0.5, 0.6) is 0 Å². The summed E-state index contributed by atoms with van der Waals surface area (Å²) < 4.78 is 65.1. The molecule has 1 N–H and O–H groups in total. The van der Waals surface area contributed by atoms with Crippen LogP contribution in [-0.4, -0.2) is 38.7 Å². The van der Waals surface area contributed by atoms with E-state index in [4.69, 9.17) is 4.74 Å². The zero-order valence-corrected chi connectivity index (χ0v) is 18.7. The first-order valence-electron chi connectivity index (χ1n) is 10.4. The third-order valence-corrected chi connectivity index (χ3v) is 6.19. The van der Waals surface area contributed by atoms with Crippen molar-refractivity contribution in [1.29, 1.82) is 0 Å². The van der Waals surface area contributed by atoms with Crippen LogP contribution >= 0.6 is 0 Å². The largest absolute Gasteiger partial charge is 0.502 e. The number of nitrogens with one attached hydrogen (secondary N) is 1. The molecule has 1 aromatic carbocycles. The molecule has 31 heavy (non-hydrogen) atoms. The quantitative estimate of drug-likeness (QED) is 0.490. The summed E-state index contributed by atoms with van der Waals surface area (Å²) in [4.78, 5) is 0.289. The zero-order chi connectivity index (χ0) is 22.9. The second-order valence-electron chi connectivity index (χ2n) is 8.10. The summed E-state index contributed by atoms with van der Waals surface area (Å²) in [6.45, 7) is 4.85. The van der Waals surface area contributed by atoms with Crippen LogP contribution in [0.2, 0.25) is 0 Å². The second-order valence-corrected chi connectivity index (χ2v) is 9.10. The van der Waals surface area contributed by atoms with Crippen molar-refractivity contribution in [3.05, 3.63) is 54.3 Å². The standard InChI is InChI=1S/C18H22F3NO2S.C5H8O/c1-17(2)14(13-7-4-3-5-8-13)9-10-15(25(23)24)16(17)22-12-6-11-18(19,20)21;1-2-4-6-5-3-1/h3-5,7-9,16,22H,6,10-12H2,1-2H3;2,4H,1,3,5H2. The third kappa shape index (κ3) is 7.85. The van der Waals surface area contributed by atoms with Crippen LogP contribution in [0.15, 0.2) is 48.7 Å². The lowest BCUT2D eigenvalue weighted by molar-refractivity contribution is -0.135. The summed E-state index contributed by atoms with van der Waals surface area (Å²) in [6.07, 6.45) is 3.19. The first-order valence-corrected chi connectivity index (χ1v) is 11.5. The zero-order valence-electron chi connectivity index (χ0n) is 17.9. The van der Waals surface area contributed by atoms with E-state index in [0.717, 1.165) is 17.7 Å². The third-order valence-electron chi connectivity index (χ3n) is 5.35. The number of hydrogen-bond acceptors (Lipinski definition) is 4. The predicted octanol–water partition coefficient (Wildman–Crippen LogP) is 5.16. The van der Waals surface area contributed by atoms with Gasteiger partial charge in [0.25, 0.3) is 0 Å². The molecule has 4 nitrogen and oxygen atoms in total. The number of rotatable bonds is 5. The van der Waals surface area contributed by atoms with Gasteiger partial charge in [-0.2, -0.15) is 21.6 Å². The van der Waals surface area contributed by atoms with Gasteiger partial charge in [0.15, 0.2) is 0 Å². The molecule has 0 saturated carbocycles. The van der Waals surface area contributed by atoms with Crippen LogP contribution in [-0.2, 0) is 15.0 Å². The van der Waals surface area contributed by atoms with Gasteiger partial charge in [-0.1, -0.05) is 50.3 Å². The highest BCUT2D eigenvalue weighted by Crippen LogP contribution is 2.41. The van der Waals surface area contributed by atoms with E-state index in [2.05, 4.69) is 5.32 Å². The summed E-state index contributed by atoms with van der Waals surface area (Å²) in [6, 6.07) is 9.09. The first-order chi connectivity index (χ1) is 14.6. The van der Waals surface area contributed by atoms with E-state index in [1.165, 1.54) is 12.8 Å². The Morgan fingerprint density at radius 3 is 2.39 bits per heavy atom. The van der Waals surface area contributed by atoms with Gasteiger partial charge in [0, 0.05) is 18.3 Å². The van der Waals surface area contributed by atoms with E-state index in [1.807, 2.05) is 56.3 Å². The average molecular weight is 458 g/mol. The van der Waals surface area contributed by atoms with Crippen LogP contribution in [0, 0.1) is 5.41 Å². The van der Waals surface area contributed by atoms with Crippen molar-refractivity contribution >= 4 is 20.7 Å². The summed E-state index contributed by atoms with van der Waals surface area (Å²) in [5.74, 6) is 0. The minimum Gasteiger partial charge on any atom is -0.502 e.